The Morgan fingerprint density at radius 1 is 1.25 bits per heavy atom. The van der Waals surface area contributed by atoms with E-state index in [1.165, 1.54) is 0 Å². The number of carbonyl (C=O) groups excluding carboxylic acids is 1. The molecule has 0 aromatic heterocycles. The van der Waals surface area contributed by atoms with Crippen LogP contribution in [0.3, 0.4) is 0 Å². The molecule has 24 heavy (non-hydrogen) atoms. The van der Waals surface area contributed by atoms with Gasteiger partial charge in [0.2, 0.25) is 10.0 Å². The van der Waals surface area contributed by atoms with Crippen LogP contribution in [-0.4, -0.2) is 61.8 Å². The van der Waals surface area contributed by atoms with Gasteiger partial charge in [-0.3, -0.25) is 9.69 Å². The number of sulfonamides is 1. The smallest absolute Gasteiger partial charge is 0.251 e. The predicted molar refractivity (Wildman–Crippen MR) is 90.4 cm³/mol. The first-order chi connectivity index (χ1) is 11.5. The van der Waals surface area contributed by atoms with Gasteiger partial charge in [0.1, 0.15) is 0 Å². The molecule has 1 amide bonds. The first kappa shape index (κ1) is 16.1. The summed E-state index contributed by atoms with van der Waals surface area (Å²) in [5.41, 5.74) is 1.42. The molecule has 1 aromatic rings. The number of fused-ring (bicyclic) bond motifs is 2. The van der Waals surface area contributed by atoms with E-state index in [0.29, 0.717) is 24.7 Å². The molecule has 0 aliphatic carbocycles. The molecule has 3 heterocycles. The number of rotatable bonds is 2. The third-order valence-corrected chi connectivity index (χ3v) is 7.47. The Morgan fingerprint density at radius 2 is 2.08 bits per heavy atom. The summed E-state index contributed by atoms with van der Waals surface area (Å²) >= 11 is 0. The zero-order chi connectivity index (χ0) is 16.9. The maximum absolute atomic E-state index is 13.2. The second kappa shape index (κ2) is 5.82. The Bertz CT molecular complexity index is 777. The van der Waals surface area contributed by atoms with Crippen molar-refractivity contribution in [3.63, 3.8) is 0 Å². The monoisotopic (exact) mass is 349 g/mol. The lowest BCUT2D eigenvalue weighted by Gasteiger charge is -2.41. The minimum absolute atomic E-state index is 0.0470. The fourth-order valence-corrected chi connectivity index (χ4v) is 5.87. The molecule has 0 bridgehead atoms. The van der Waals surface area contributed by atoms with Crippen LogP contribution in [0.2, 0.25) is 0 Å². The molecule has 0 radical (unpaired) electrons. The second-order valence-electron chi connectivity index (χ2n) is 7.04. The van der Waals surface area contributed by atoms with E-state index in [1.54, 1.807) is 22.5 Å². The molecule has 0 saturated carbocycles. The van der Waals surface area contributed by atoms with Crippen molar-refractivity contribution in [1.82, 2.24) is 14.5 Å². The number of benzene rings is 1. The fourth-order valence-electron chi connectivity index (χ4n) is 4.18. The highest BCUT2D eigenvalue weighted by molar-refractivity contribution is 7.89. The van der Waals surface area contributed by atoms with Crippen molar-refractivity contribution in [2.24, 2.45) is 0 Å². The molecule has 2 atom stereocenters. The Kier molecular flexibility index (Phi) is 3.89. The standard InChI is InChI=1S/C17H23N3O3S/c1-12-10-19-8-2-3-14(19)11-20(12)24(22,23)15-5-4-13-6-7-18-17(21)16(13)9-15/h4-5,9,12,14H,2-3,6-8,10-11H2,1H3,(H,18,21)/t12-,14-/m1/s1. The Labute approximate surface area is 142 Å². The van der Waals surface area contributed by atoms with Gasteiger partial charge in [0.25, 0.3) is 5.91 Å². The zero-order valence-electron chi connectivity index (χ0n) is 13.9. The van der Waals surface area contributed by atoms with Crippen molar-refractivity contribution in [3.8, 4) is 0 Å². The summed E-state index contributed by atoms with van der Waals surface area (Å²) in [4.78, 5) is 14.7. The van der Waals surface area contributed by atoms with E-state index < -0.39 is 10.0 Å². The maximum Gasteiger partial charge on any atom is 0.251 e. The van der Waals surface area contributed by atoms with Gasteiger partial charge in [0.15, 0.2) is 0 Å². The minimum atomic E-state index is -3.58. The van der Waals surface area contributed by atoms with Gasteiger partial charge in [-0.25, -0.2) is 8.42 Å². The van der Waals surface area contributed by atoms with Gasteiger partial charge in [-0.05, 0) is 50.4 Å². The summed E-state index contributed by atoms with van der Waals surface area (Å²) in [5, 5.41) is 2.78. The van der Waals surface area contributed by atoms with E-state index in [2.05, 4.69) is 10.2 Å². The molecule has 7 heteroatoms. The fraction of sp³-hybridized carbons (Fsp3) is 0.588. The maximum atomic E-state index is 13.2. The van der Waals surface area contributed by atoms with E-state index in [1.807, 2.05) is 6.92 Å². The molecule has 0 unspecified atom stereocenters. The number of hydrogen-bond donors (Lipinski definition) is 1. The van der Waals surface area contributed by atoms with Crippen molar-refractivity contribution >= 4 is 15.9 Å². The Balaban J connectivity index is 1.67. The van der Waals surface area contributed by atoms with Crippen molar-refractivity contribution in [1.29, 1.82) is 0 Å². The third kappa shape index (κ3) is 2.55. The molecule has 1 aromatic carbocycles. The van der Waals surface area contributed by atoms with Crippen LogP contribution in [0.1, 0.15) is 35.7 Å². The van der Waals surface area contributed by atoms with Crippen molar-refractivity contribution in [2.45, 2.75) is 43.2 Å². The van der Waals surface area contributed by atoms with Gasteiger partial charge in [0.05, 0.1) is 4.90 Å². The van der Waals surface area contributed by atoms with Crippen LogP contribution >= 0.6 is 0 Å². The predicted octanol–water partition coefficient (Wildman–Crippen LogP) is 0.830. The number of nitrogens with one attached hydrogen (secondary N) is 1. The first-order valence-electron chi connectivity index (χ1n) is 8.64. The lowest BCUT2D eigenvalue weighted by molar-refractivity contribution is 0.0945. The van der Waals surface area contributed by atoms with Crippen molar-refractivity contribution in [3.05, 3.63) is 29.3 Å². The molecule has 0 spiro atoms. The van der Waals surface area contributed by atoms with E-state index in [-0.39, 0.29) is 16.8 Å². The zero-order valence-corrected chi connectivity index (χ0v) is 14.7. The van der Waals surface area contributed by atoms with Crippen molar-refractivity contribution < 1.29 is 13.2 Å². The number of carbonyl (C=O) groups is 1. The first-order valence-corrected chi connectivity index (χ1v) is 10.1. The summed E-state index contributed by atoms with van der Waals surface area (Å²) < 4.78 is 27.9. The molecule has 3 aliphatic rings. The number of amides is 1. The Morgan fingerprint density at radius 3 is 2.92 bits per heavy atom. The van der Waals surface area contributed by atoms with Gasteiger partial charge < -0.3 is 5.32 Å². The average Bonchev–Trinajstić information content (AvgIpc) is 3.01. The normalized spacial score (nSPS) is 28.3. The summed E-state index contributed by atoms with van der Waals surface area (Å²) in [6.07, 6.45) is 2.95. The molecule has 2 fully saturated rings. The van der Waals surface area contributed by atoms with Crippen molar-refractivity contribution in [2.75, 3.05) is 26.2 Å². The van der Waals surface area contributed by atoms with Gasteiger partial charge in [-0.2, -0.15) is 4.31 Å². The third-order valence-electron chi connectivity index (χ3n) is 5.49. The van der Waals surface area contributed by atoms with E-state index in [0.717, 1.165) is 37.9 Å². The van der Waals surface area contributed by atoms with E-state index in [9.17, 15) is 13.2 Å². The van der Waals surface area contributed by atoms with Gasteiger partial charge in [0, 0.05) is 37.3 Å². The molecular formula is C17H23N3O3S. The summed E-state index contributed by atoms with van der Waals surface area (Å²) in [6.45, 7) is 4.99. The lowest BCUT2D eigenvalue weighted by atomic mass is 10.0. The lowest BCUT2D eigenvalue weighted by Crippen LogP contribution is -2.56. The SMILES string of the molecule is C[C@@H]1CN2CCC[C@@H]2CN1S(=O)(=O)c1ccc2c(c1)C(=O)NCC2. The summed E-state index contributed by atoms with van der Waals surface area (Å²) in [5.74, 6) is -0.179. The van der Waals surface area contributed by atoms with Crippen LogP contribution in [0.25, 0.3) is 0 Å². The number of nitrogens with zero attached hydrogens (tertiary/aromatic N) is 2. The highest BCUT2D eigenvalue weighted by Crippen LogP contribution is 2.30. The molecule has 6 nitrogen and oxygen atoms in total. The van der Waals surface area contributed by atoms with Crippen LogP contribution < -0.4 is 5.32 Å². The van der Waals surface area contributed by atoms with Gasteiger partial charge in [-0.1, -0.05) is 6.07 Å². The average molecular weight is 349 g/mol. The molecule has 2 saturated heterocycles. The molecule has 130 valence electrons. The van der Waals surface area contributed by atoms with Crippen LogP contribution in [-0.2, 0) is 16.4 Å². The second-order valence-corrected chi connectivity index (χ2v) is 8.93. The topological polar surface area (TPSA) is 69.7 Å². The highest BCUT2D eigenvalue weighted by Gasteiger charge is 2.40. The number of hydrogen-bond acceptors (Lipinski definition) is 4. The summed E-state index contributed by atoms with van der Waals surface area (Å²) in [7, 11) is -3.58. The van der Waals surface area contributed by atoms with Crippen LogP contribution in [0.5, 0.6) is 0 Å². The van der Waals surface area contributed by atoms with Gasteiger partial charge >= 0.3 is 0 Å². The molecule has 3 aliphatic heterocycles. The summed E-state index contributed by atoms with van der Waals surface area (Å²) in [6, 6.07) is 5.27. The van der Waals surface area contributed by atoms with E-state index in [4.69, 9.17) is 0 Å². The van der Waals surface area contributed by atoms with Crippen LogP contribution in [0, 0.1) is 0 Å². The largest absolute Gasteiger partial charge is 0.352 e. The van der Waals surface area contributed by atoms with Gasteiger partial charge in [-0.15, -0.1) is 0 Å². The highest BCUT2D eigenvalue weighted by atomic mass is 32.2. The van der Waals surface area contributed by atoms with Crippen LogP contribution in [0.4, 0.5) is 0 Å². The quantitative estimate of drug-likeness (QED) is 0.859. The Hall–Kier alpha value is -1.44. The molecule has 1 N–H and O–H groups in total. The van der Waals surface area contributed by atoms with Crippen LogP contribution in [0.15, 0.2) is 23.1 Å². The number of piperazine rings is 1. The molecule has 4 rings (SSSR count). The van der Waals surface area contributed by atoms with E-state index >= 15 is 0 Å². The minimum Gasteiger partial charge on any atom is -0.352 e. The molecular weight excluding hydrogens is 326 g/mol.